The molecule has 0 unspecified atom stereocenters. The van der Waals surface area contributed by atoms with Gasteiger partial charge in [0, 0.05) is 45.0 Å². The molecule has 11 aromatic rings. The Morgan fingerprint density at radius 2 is 0.700 bits per heavy atom. The second-order valence-electron chi connectivity index (χ2n) is 20.9. The maximum absolute atomic E-state index is 2.53. The third kappa shape index (κ3) is 6.12. The summed E-state index contributed by atoms with van der Waals surface area (Å²) >= 11 is 0. The average molecular weight is 897 g/mol. The van der Waals surface area contributed by atoms with Gasteiger partial charge in [-0.3, -0.25) is 0 Å². The minimum atomic E-state index is -0.269. The largest absolute Gasteiger partial charge is 0.314 e. The third-order valence-electron chi connectivity index (χ3n) is 16.2. The molecule has 0 aliphatic heterocycles. The molecule has 2 nitrogen and oxygen atoms in total. The van der Waals surface area contributed by atoms with Crippen LogP contribution in [0.3, 0.4) is 0 Å². The Hall–Kier alpha value is -8.20. The molecule has 2 heteroatoms. The molecule has 0 spiro atoms. The van der Waals surface area contributed by atoms with Gasteiger partial charge in [-0.05, 0) is 178 Å². The number of anilines is 5. The fraction of sp³-hybridized carbons (Fsp3) is 0.118. The molecule has 0 N–H and O–H groups in total. The molecule has 334 valence electrons. The zero-order valence-electron chi connectivity index (χ0n) is 40.1. The highest BCUT2D eigenvalue weighted by Gasteiger charge is 2.40. The zero-order valence-corrected chi connectivity index (χ0v) is 40.1. The van der Waals surface area contributed by atoms with Gasteiger partial charge in [0.2, 0.25) is 0 Å². The van der Waals surface area contributed by atoms with Crippen LogP contribution in [0.2, 0.25) is 0 Å². The van der Waals surface area contributed by atoms with Crippen molar-refractivity contribution < 1.29 is 0 Å². The number of benzene rings is 11. The summed E-state index contributed by atoms with van der Waals surface area (Å²) in [7, 11) is 0. The number of hydrogen-bond donors (Lipinski definition) is 0. The van der Waals surface area contributed by atoms with Crippen molar-refractivity contribution in [3.8, 4) is 22.3 Å². The standard InChI is InChI=1S/C68H52N2/c1-67(2)61-35-36-62-66-60(58-32-30-56(42-64(58)68(62,3)4)70(53-27-23-45-15-7-11-19-49(45)39-53)54-28-24-46-16-8-12-20-50(46)40-54)34-33-59(65(61)66)57-31-29-55(41-63(57)67)69(51-25-21-43-13-5-9-17-47(43)37-51)52-26-22-44-14-6-10-18-48(44)38-52/h5-23,25-27,29-42H,24,28H2,1-4H3. The summed E-state index contributed by atoms with van der Waals surface area (Å²) in [6.07, 6.45) is 4.42. The topological polar surface area (TPSA) is 6.48 Å². The summed E-state index contributed by atoms with van der Waals surface area (Å²) in [5.41, 5.74) is 20.2. The van der Waals surface area contributed by atoms with E-state index in [0.29, 0.717) is 0 Å². The normalized spacial score (nSPS) is 14.8. The molecule has 3 aliphatic carbocycles. The molecule has 14 rings (SSSR count). The Balaban J connectivity index is 0.916. The van der Waals surface area contributed by atoms with E-state index in [2.05, 4.69) is 256 Å². The van der Waals surface area contributed by atoms with Crippen molar-refractivity contribution in [3.63, 3.8) is 0 Å². The lowest BCUT2D eigenvalue weighted by atomic mass is 9.63. The predicted octanol–water partition coefficient (Wildman–Crippen LogP) is 18.5. The van der Waals surface area contributed by atoms with E-state index in [1.54, 1.807) is 0 Å². The van der Waals surface area contributed by atoms with Gasteiger partial charge in [0.05, 0.1) is 0 Å². The van der Waals surface area contributed by atoms with Crippen molar-refractivity contribution in [1.82, 2.24) is 0 Å². The van der Waals surface area contributed by atoms with Crippen LogP contribution in [0.25, 0.3) is 71.4 Å². The highest BCUT2D eigenvalue weighted by atomic mass is 15.2. The highest BCUT2D eigenvalue weighted by molar-refractivity contribution is 6.13. The number of fused-ring (bicyclic) bond motifs is 8. The maximum atomic E-state index is 2.53. The lowest BCUT2D eigenvalue weighted by Gasteiger charge is -2.41. The van der Waals surface area contributed by atoms with Gasteiger partial charge >= 0.3 is 0 Å². The lowest BCUT2D eigenvalue weighted by molar-refractivity contribution is 0.633. The Morgan fingerprint density at radius 3 is 1.20 bits per heavy atom. The summed E-state index contributed by atoms with van der Waals surface area (Å²) in [5, 5.41) is 10.2. The number of aryl methyl sites for hydroxylation is 1. The monoisotopic (exact) mass is 896 g/mol. The van der Waals surface area contributed by atoms with Crippen molar-refractivity contribution in [3.05, 3.63) is 251 Å². The molecule has 0 atom stereocenters. The predicted molar refractivity (Wildman–Crippen MR) is 298 cm³/mol. The molecule has 0 saturated carbocycles. The molecule has 11 aromatic carbocycles. The van der Waals surface area contributed by atoms with Crippen molar-refractivity contribution in [2.75, 3.05) is 9.80 Å². The van der Waals surface area contributed by atoms with E-state index in [-0.39, 0.29) is 10.8 Å². The van der Waals surface area contributed by atoms with Gasteiger partial charge in [-0.25, -0.2) is 0 Å². The van der Waals surface area contributed by atoms with Crippen molar-refractivity contribution in [1.29, 1.82) is 0 Å². The fourth-order valence-electron chi connectivity index (χ4n) is 12.6. The van der Waals surface area contributed by atoms with Crippen LogP contribution in [0.4, 0.5) is 28.4 Å². The first-order chi connectivity index (χ1) is 34.2. The van der Waals surface area contributed by atoms with E-state index in [1.165, 1.54) is 116 Å². The van der Waals surface area contributed by atoms with Crippen molar-refractivity contribution in [2.24, 2.45) is 0 Å². The van der Waals surface area contributed by atoms with Crippen LogP contribution in [-0.4, -0.2) is 0 Å². The van der Waals surface area contributed by atoms with Gasteiger partial charge in [-0.2, -0.15) is 0 Å². The van der Waals surface area contributed by atoms with Gasteiger partial charge in [0.25, 0.3) is 0 Å². The van der Waals surface area contributed by atoms with Crippen molar-refractivity contribution in [2.45, 2.75) is 51.4 Å². The average Bonchev–Trinajstić information content (AvgIpc) is 3.40. The summed E-state index contributed by atoms with van der Waals surface area (Å²) in [5.74, 6) is 0. The molecule has 70 heavy (non-hydrogen) atoms. The van der Waals surface area contributed by atoms with E-state index >= 15 is 0 Å². The summed E-state index contributed by atoms with van der Waals surface area (Å²) in [6.45, 7) is 9.77. The van der Waals surface area contributed by atoms with Gasteiger partial charge in [0.1, 0.15) is 0 Å². The molecule has 0 aromatic heterocycles. The number of rotatable bonds is 6. The molecular weight excluding hydrogens is 845 g/mol. The first-order valence-electron chi connectivity index (χ1n) is 24.9. The zero-order chi connectivity index (χ0) is 46.9. The molecule has 0 bridgehead atoms. The first-order valence-corrected chi connectivity index (χ1v) is 24.9. The van der Waals surface area contributed by atoms with Crippen LogP contribution >= 0.6 is 0 Å². The van der Waals surface area contributed by atoms with Crippen LogP contribution in [0.5, 0.6) is 0 Å². The van der Waals surface area contributed by atoms with Gasteiger partial charge in [-0.1, -0.05) is 179 Å². The summed E-state index contributed by atoms with van der Waals surface area (Å²) in [6, 6.07) is 79.9. The number of hydrogen-bond acceptors (Lipinski definition) is 2. The van der Waals surface area contributed by atoms with Gasteiger partial charge in [-0.15, -0.1) is 0 Å². The molecule has 0 saturated heterocycles. The van der Waals surface area contributed by atoms with E-state index in [9.17, 15) is 0 Å². The fourth-order valence-corrected chi connectivity index (χ4v) is 12.6. The molecule has 0 heterocycles. The van der Waals surface area contributed by atoms with E-state index in [4.69, 9.17) is 0 Å². The second kappa shape index (κ2) is 15.1. The van der Waals surface area contributed by atoms with Gasteiger partial charge in [0.15, 0.2) is 0 Å². The molecule has 0 radical (unpaired) electrons. The SMILES string of the molecule is CC1(C)c2cc(N(C3=Cc4ccccc4CC3)c3ccc4ccccc4c3)ccc2-c2ccc3c4c(ccc1c24)C(C)(C)c1cc(N(c2ccc4ccccc4c2)c2ccc4ccccc4c2)ccc1-3. The van der Waals surface area contributed by atoms with E-state index in [0.717, 1.165) is 29.9 Å². The van der Waals surface area contributed by atoms with E-state index in [1.807, 2.05) is 0 Å². The molecule has 3 aliphatic rings. The number of nitrogens with zero attached hydrogens (tertiary/aromatic N) is 2. The highest BCUT2D eigenvalue weighted by Crippen LogP contribution is 2.57. The minimum absolute atomic E-state index is 0.257. The number of allylic oxidation sites excluding steroid dienone is 1. The maximum Gasteiger partial charge on any atom is 0.0468 e. The first kappa shape index (κ1) is 40.8. The Bertz CT molecular complexity index is 3960. The Morgan fingerprint density at radius 1 is 0.314 bits per heavy atom. The second-order valence-corrected chi connectivity index (χ2v) is 20.9. The van der Waals surface area contributed by atoms with E-state index < -0.39 is 0 Å². The van der Waals surface area contributed by atoms with Crippen LogP contribution < -0.4 is 9.80 Å². The third-order valence-corrected chi connectivity index (χ3v) is 16.2. The Labute approximate surface area is 410 Å². The smallest absolute Gasteiger partial charge is 0.0468 e. The molecular formula is C68H52N2. The van der Waals surface area contributed by atoms with Crippen molar-refractivity contribution >= 4 is 77.6 Å². The van der Waals surface area contributed by atoms with Crippen LogP contribution in [-0.2, 0) is 17.3 Å². The van der Waals surface area contributed by atoms with Crippen LogP contribution in [0, 0.1) is 0 Å². The lowest BCUT2D eigenvalue weighted by Crippen LogP contribution is -2.28. The summed E-state index contributed by atoms with van der Waals surface area (Å²) in [4.78, 5) is 4.98. The summed E-state index contributed by atoms with van der Waals surface area (Å²) < 4.78 is 0. The molecule has 0 amide bonds. The minimum Gasteiger partial charge on any atom is -0.314 e. The Kier molecular flexibility index (Phi) is 8.84. The van der Waals surface area contributed by atoms with Gasteiger partial charge < -0.3 is 9.80 Å². The van der Waals surface area contributed by atoms with Crippen LogP contribution in [0.15, 0.2) is 218 Å². The quantitative estimate of drug-likeness (QED) is 0.164. The molecule has 0 fully saturated rings. The van der Waals surface area contributed by atoms with Crippen LogP contribution in [0.1, 0.15) is 67.5 Å².